The zero-order valence-corrected chi connectivity index (χ0v) is 16.6. The summed E-state index contributed by atoms with van der Waals surface area (Å²) in [5.41, 5.74) is 1.77. The van der Waals surface area contributed by atoms with Crippen molar-refractivity contribution in [2.24, 2.45) is 0 Å². The summed E-state index contributed by atoms with van der Waals surface area (Å²) < 4.78 is 11.1. The number of halogens is 4. The van der Waals surface area contributed by atoms with Gasteiger partial charge in [-0.1, -0.05) is 53.0 Å². The summed E-state index contributed by atoms with van der Waals surface area (Å²) in [4.78, 5) is 12.5. The SMILES string of the molecule is Cc1ccccc1C(=O)N[C@H](NC(=S)Nc1ccc(F)cc1)C(Cl)(Cl)Cl. The minimum atomic E-state index is -1.87. The Morgan fingerprint density at radius 3 is 2.27 bits per heavy atom. The van der Waals surface area contributed by atoms with Gasteiger partial charge in [-0.2, -0.15) is 0 Å². The second-order valence-corrected chi connectivity index (χ2v) is 8.15. The molecule has 138 valence electrons. The van der Waals surface area contributed by atoms with Crippen molar-refractivity contribution in [1.29, 1.82) is 0 Å². The maximum atomic E-state index is 13.0. The van der Waals surface area contributed by atoms with Gasteiger partial charge in [-0.05, 0) is 55.0 Å². The fraction of sp³-hybridized carbons (Fsp3) is 0.176. The number of alkyl halides is 3. The summed E-state index contributed by atoms with van der Waals surface area (Å²) in [5.74, 6) is -0.796. The topological polar surface area (TPSA) is 53.2 Å². The first-order valence-corrected chi connectivity index (χ1v) is 8.97. The molecule has 0 aromatic heterocycles. The summed E-state index contributed by atoms with van der Waals surface area (Å²) >= 11 is 23.0. The number of benzene rings is 2. The van der Waals surface area contributed by atoms with E-state index in [1.807, 2.05) is 6.07 Å². The predicted molar refractivity (Wildman–Crippen MR) is 108 cm³/mol. The Balaban J connectivity index is 2.07. The number of aryl methyl sites for hydroxylation is 1. The Hall–Kier alpha value is -1.60. The molecule has 0 aliphatic carbocycles. The highest BCUT2D eigenvalue weighted by Crippen LogP contribution is 2.29. The van der Waals surface area contributed by atoms with Crippen molar-refractivity contribution in [2.45, 2.75) is 16.9 Å². The van der Waals surface area contributed by atoms with Gasteiger partial charge in [0.2, 0.25) is 3.79 Å². The highest BCUT2D eigenvalue weighted by Gasteiger charge is 2.35. The van der Waals surface area contributed by atoms with Crippen LogP contribution < -0.4 is 16.0 Å². The first-order chi connectivity index (χ1) is 12.2. The Morgan fingerprint density at radius 2 is 1.69 bits per heavy atom. The van der Waals surface area contributed by atoms with Gasteiger partial charge in [0.25, 0.3) is 5.91 Å². The van der Waals surface area contributed by atoms with Crippen LogP contribution in [0, 0.1) is 12.7 Å². The van der Waals surface area contributed by atoms with E-state index in [1.165, 1.54) is 24.3 Å². The number of carbonyl (C=O) groups excluding carboxylic acids is 1. The van der Waals surface area contributed by atoms with Gasteiger partial charge in [0.15, 0.2) is 5.11 Å². The van der Waals surface area contributed by atoms with E-state index in [4.69, 9.17) is 47.0 Å². The number of hydrogen-bond donors (Lipinski definition) is 3. The Labute approximate surface area is 171 Å². The van der Waals surface area contributed by atoms with Crippen LogP contribution in [0.5, 0.6) is 0 Å². The van der Waals surface area contributed by atoms with E-state index in [-0.39, 0.29) is 10.9 Å². The first-order valence-electron chi connectivity index (χ1n) is 7.43. The van der Waals surface area contributed by atoms with Gasteiger partial charge in [0.05, 0.1) is 0 Å². The van der Waals surface area contributed by atoms with Crippen molar-refractivity contribution in [3.05, 3.63) is 65.5 Å². The summed E-state index contributed by atoms with van der Waals surface area (Å²) in [6.07, 6.45) is -1.10. The molecule has 0 aliphatic rings. The standard InChI is InChI=1S/C17H15Cl3FN3OS/c1-10-4-2-3-5-13(10)14(25)23-15(17(18,19)20)24-16(26)22-12-8-6-11(21)7-9-12/h2-9,15H,1H3,(H,23,25)(H2,22,24,26)/t15-/m1/s1. The average molecular weight is 435 g/mol. The Kier molecular flexibility index (Phi) is 7.06. The van der Waals surface area contributed by atoms with E-state index in [1.54, 1.807) is 25.1 Å². The molecule has 2 rings (SSSR count). The molecular formula is C17H15Cl3FN3OS. The lowest BCUT2D eigenvalue weighted by Gasteiger charge is -2.28. The number of amides is 1. The van der Waals surface area contributed by atoms with Gasteiger partial charge in [0.1, 0.15) is 12.0 Å². The number of carbonyl (C=O) groups is 1. The van der Waals surface area contributed by atoms with Crippen molar-refractivity contribution < 1.29 is 9.18 Å². The summed E-state index contributed by atoms with van der Waals surface area (Å²) in [7, 11) is 0. The van der Waals surface area contributed by atoms with Crippen LogP contribution in [0.2, 0.25) is 0 Å². The van der Waals surface area contributed by atoms with Gasteiger partial charge in [0, 0.05) is 11.3 Å². The molecule has 4 nitrogen and oxygen atoms in total. The fourth-order valence-electron chi connectivity index (χ4n) is 2.07. The van der Waals surface area contributed by atoms with Gasteiger partial charge >= 0.3 is 0 Å². The fourth-order valence-corrected chi connectivity index (χ4v) is 2.63. The average Bonchev–Trinajstić information content (AvgIpc) is 2.56. The van der Waals surface area contributed by atoms with E-state index in [2.05, 4.69) is 16.0 Å². The van der Waals surface area contributed by atoms with Crippen LogP contribution in [-0.2, 0) is 0 Å². The molecule has 0 aliphatic heterocycles. The lowest BCUT2D eigenvalue weighted by molar-refractivity contribution is 0.0934. The third-order valence-corrected chi connectivity index (χ3v) is 4.24. The molecule has 1 amide bonds. The summed E-state index contributed by atoms with van der Waals surface area (Å²) in [6.45, 7) is 1.80. The van der Waals surface area contributed by atoms with Gasteiger partial charge < -0.3 is 16.0 Å². The van der Waals surface area contributed by atoms with Gasteiger partial charge in [-0.25, -0.2) is 4.39 Å². The summed E-state index contributed by atoms with van der Waals surface area (Å²) in [6, 6.07) is 12.6. The predicted octanol–water partition coefficient (Wildman–Crippen LogP) is 4.55. The number of anilines is 1. The van der Waals surface area contributed by atoms with Crippen LogP contribution in [-0.4, -0.2) is 21.0 Å². The maximum absolute atomic E-state index is 13.0. The van der Waals surface area contributed by atoms with Crippen molar-refractivity contribution in [3.63, 3.8) is 0 Å². The van der Waals surface area contributed by atoms with E-state index < -0.39 is 15.9 Å². The Bertz CT molecular complexity index is 797. The third-order valence-electron chi connectivity index (χ3n) is 3.37. The zero-order chi connectivity index (χ0) is 19.3. The second-order valence-electron chi connectivity index (χ2n) is 5.37. The minimum Gasteiger partial charge on any atom is -0.339 e. The molecule has 3 N–H and O–H groups in total. The van der Waals surface area contributed by atoms with Crippen LogP contribution in [0.1, 0.15) is 15.9 Å². The molecule has 0 bridgehead atoms. The third kappa shape index (κ3) is 5.99. The normalized spacial score (nSPS) is 12.2. The number of hydrogen-bond acceptors (Lipinski definition) is 2. The molecular weight excluding hydrogens is 420 g/mol. The van der Waals surface area contributed by atoms with Crippen molar-refractivity contribution in [2.75, 3.05) is 5.32 Å². The molecule has 2 aromatic carbocycles. The lowest BCUT2D eigenvalue weighted by Crippen LogP contribution is -2.56. The van der Waals surface area contributed by atoms with Crippen molar-refractivity contribution in [3.8, 4) is 0 Å². The molecule has 0 spiro atoms. The monoisotopic (exact) mass is 433 g/mol. The molecule has 2 aromatic rings. The maximum Gasteiger partial charge on any atom is 0.253 e. The van der Waals surface area contributed by atoms with Crippen LogP contribution in [0.3, 0.4) is 0 Å². The molecule has 0 unspecified atom stereocenters. The molecule has 0 heterocycles. The van der Waals surface area contributed by atoms with Gasteiger partial charge in [-0.15, -0.1) is 0 Å². The smallest absolute Gasteiger partial charge is 0.253 e. The quantitative estimate of drug-likeness (QED) is 0.375. The Morgan fingerprint density at radius 1 is 1.08 bits per heavy atom. The highest BCUT2D eigenvalue weighted by molar-refractivity contribution is 7.80. The largest absolute Gasteiger partial charge is 0.339 e. The molecule has 9 heteroatoms. The number of rotatable bonds is 4. The van der Waals surface area contributed by atoms with Gasteiger partial charge in [-0.3, -0.25) is 4.79 Å². The highest BCUT2D eigenvalue weighted by atomic mass is 35.6. The van der Waals surface area contributed by atoms with Crippen LogP contribution in [0.4, 0.5) is 10.1 Å². The molecule has 0 fully saturated rings. The van der Waals surface area contributed by atoms with E-state index >= 15 is 0 Å². The van der Waals surface area contributed by atoms with E-state index in [0.717, 1.165) is 5.56 Å². The first kappa shape index (κ1) is 20.7. The van der Waals surface area contributed by atoms with Crippen molar-refractivity contribution >= 4 is 63.7 Å². The van der Waals surface area contributed by atoms with Crippen LogP contribution in [0.25, 0.3) is 0 Å². The molecule has 26 heavy (non-hydrogen) atoms. The summed E-state index contributed by atoms with van der Waals surface area (Å²) in [5, 5.41) is 8.26. The van der Waals surface area contributed by atoms with Crippen LogP contribution in [0.15, 0.2) is 48.5 Å². The number of nitrogens with one attached hydrogen (secondary N) is 3. The second kappa shape index (κ2) is 8.86. The molecule has 0 saturated heterocycles. The van der Waals surface area contributed by atoms with E-state index in [0.29, 0.717) is 11.3 Å². The van der Waals surface area contributed by atoms with Crippen molar-refractivity contribution in [1.82, 2.24) is 10.6 Å². The molecule has 1 atom stereocenters. The molecule has 0 saturated carbocycles. The zero-order valence-electron chi connectivity index (χ0n) is 13.5. The molecule has 0 radical (unpaired) electrons. The van der Waals surface area contributed by atoms with Crippen LogP contribution >= 0.6 is 47.0 Å². The minimum absolute atomic E-state index is 0.0954. The number of thiocarbonyl (C=S) groups is 1. The lowest BCUT2D eigenvalue weighted by atomic mass is 10.1. The van der Waals surface area contributed by atoms with E-state index in [9.17, 15) is 9.18 Å².